The lowest BCUT2D eigenvalue weighted by Crippen LogP contribution is -2.29. The molecule has 2 aliphatic rings. The first kappa shape index (κ1) is 17.6. The third-order valence-electron chi connectivity index (χ3n) is 5.44. The van der Waals surface area contributed by atoms with Crippen LogP contribution in [0.15, 0.2) is 66.5 Å². The summed E-state index contributed by atoms with van der Waals surface area (Å²) < 4.78 is 20.3. The Kier molecular flexibility index (Phi) is 4.77. The van der Waals surface area contributed by atoms with Gasteiger partial charge in [0, 0.05) is 11.5 Å². The zero-order chi connectivity index (χ0) is 18.0. The topological polar surface area (TPSA) is 38.3 Å². The fraction of sp³-hybridized carbons (Fsp3) is 0.364. The minimum Gasteiger partial charge on any atom is -0.370 e. The van der Waals surface area contributed by atoms with Crippen molar-refractivity contribution in [1.29, 1.82) is 0 Å². The molecule has 3 nitrogen and oxygen atoms in total. The molecule has 1 fully saturated rings. The van der Waals surface area contributed by atoms with E-state index in [9.17, 15) is 4.57 Å². The van der Waals surface area contributed by atoms with E-state index < -0.39 is 7.37 Å². The fourth-order valence-corrected chi connectivity index (χ4v) is 6.50. The van der Waals surface area contributed by atoms with E-state index in [4.69, 9.17) is 4.52 Å². The molecule has 2 aromatic rings. The summed E-state index contributed by atoms with van der Waals surface area (Å²) in [7, 11) is -3.01. The van der Waals surface area contributed by atoms with Crippen LogP contribution in [0.5, 0.6) is 0 Å². The fourth-order valence-electron chi connectivity index (χ4n) is 3.95. The summed E-state index contributed by atoms with van der Waals surface area (Å²) in [5.41, 5.74) is 2.82. The number of anilines is 1. The Labute approximate surface area is 155 Å². The van der Waals surface area contributed by atoms with Crippen molar-refractivity contribution < 1.29 is 9.09 Å². The van der Waals surface area contributed by atoms with Gasteiger partial charge in [0.25, 0.3) is 7.37 Å². The van der Waals surface area contributed by atoms with Crippen LogP contribution in [-0.2, 0) is 9.09 Å². The minimum atomic E-state index is -3.01. The zero-order valence-electron chi connectivity index (χ0n) is 15.2. The van der Waals surface area contributed by atoms with E-state index >= 15 is 0 Å². The number of hydrogen-bond donors (Lipinski definition) is 1. The van der Waals surface area contributed by atoms with Crippen molar-refractivity contribution in [2.45, 2.75) is 50.4 Å². The molecule has 26 heavy (non-hydrogen) atoms. The van der Waals surface area contributed by atoms with Gasteiger partial charge < -0.3 is 9.84 Å². The number of para-hydroxylation sites is 1. The molecule has 1 aliphatic heterocycles. The molecule has 2 aromatic carbocycles. The Morgan fingerprint density at radius 1 is 1.00 bits per heavy atom. The highest BCUT2D eigenvalue weighted by Crippen LogP contribution is 2.68. The second kappa shape index (κ2) is 7.06. The average Bonchev–Trinajstić information content (AvgIpc) is 2.99. The normalized spacial score (nSPS) is 25.3. The van der Waals surface area contributed by atoms with Gasteiger partial charge in [-0.15, -0.1) is 0 Å². The monoisotopic (exact) mass is 367 g/mol. The van der Waals surface area contributed by atoms with Crippen molar-refractivity contribution in [3.8, 4) is 0 Å². The Morgan fingerprint density at radius 3 is 2.38 bits per heavy atom. The van der Waals surface area contributed by atoms with E-state index in [0.29, 0.717) is 0 Å². The number of rotatable bonds is 4. The average molecular weight is 367 g/mol. The largest absolute Gasteiger partial charge is 0.370 e. The number of benzene rings is 2. The lowest BCUT2D eigenvalue weighted by molar-refractivity contribution is 0.0895. The third kappa shape index (κ3) is 3.51. The van der Waals surface area contributed by atoms with Gasteiger partial charge in [0.05, 0.1) is 5.60 Å². The molecule has 0 amide bonds. The Morgan fingerprint density at radius 2 is 1.69 bits per heavy atom. The summed E-state index contributed by atoms with van der Waals surface area (Å²) >= 11 is 0. The van der Waals surface area contributed by atoms with Crippen molar-refractivity contribution in [2.75, 3.05) is 5.32 Å². The van der Waals surface area contributed by atoms with Crippen LogP contribution in [0.1, 0.15) is 49.0 Å². The molecular weight excluding hydrogens is 341 g/mol. The smallest absolute Gasteiger partial charge is 0.251 e. The Balaban J connectivity index is 1.67. The van der Waals surface area contributed by atoms with Gasteiger partial charge in [-0.1, -0.05) is 67.3 Å². The van der Waals surface area contributed by atoms with Gasteiger partial charge in [0.15, 0.2) is 0 Å². The van der Waals surface area contributed by atoms with Crippen LogP contribution in [0.4, 0.5) is 5.69 Å². The predicted octanol–water partition coefficient (Wildman–Crippen LogP) is 6.63. The molecule has 1 spiro atoms. The lowest BCUT2D eigenvalue weighted by Gasteiger charge is -2.34. The molecule has 2 atom stereocenters. The highest BCUT2D eigenvalue weighted by Gasteiger charge is 2.47. The van der Waals surface area contributed by atoms with Crippen LogP contribution < -0.4 is 5.32 Å². The van der Waals surface area contributed by atoms with Crippen LogP contribution in [0.2, 0.25) is 0 Å². The van der Waals surface area contributed by atoms with E-state index in [-0.39, 0.29) is 11.4 Å². The number of nitrogens with one attached hydrogen (secondary N) is 1. The van der Waals surface area contributed by atoms with E-state index in [1.54, 1.807) is 0 Å². The Bertz CT molecular complexity index is 823. The van der Waals surface area contributed by atoms with E-state index in [2.05, 4.69) is 42.6 Å². The van der Waals surface area contributed by atoms with Gasteiger partial charge in [-0.25, -0.2) is 0 Å². The van der Waals surface area contributed by atoms with Crippen LogP contribution in [0.3, 0.4) is 0 Å². The summed E-state index contributed by atoms with van der Waals surface area (Å²) in [6.45, 7) is 2.06. The maximum Gasteiger partial charge on any atom is 0.251 e. The first-order chi connectivity index (χ1) is 12.6. The second-order valence-electron chi connectivity index (χ2n) is 7.50. The quantitative estimate of drug-likeness (QED) is 0.616. The van der Waals surface area contributed by atoms with Crippen LogP contribution in [0, 0.1) is 6.92 Å². The van der Waals surface area contributed by atoms with Gasteiger partial charge in [0.1, 0.15) is 5.78 Å². The van der Waals surface area contributed by atoms with Crippen molar-refractivity contribution in [2.24, 2.45) is 0 Å². The van der Waals surface area contributed by atoms with E-state index in [0.717, 1.165) is 36.9 Å². The third-order valence-corrected chi connectivity index (χ3v) is 7.80. The first-order valence-corrected chi connectivity index (χ1v) is 11.2. The van der Waals surface area contributed by atoms with Crippen molar-refractivity contribution in [1.82, 2.24) is 0 Å². The van der Waals surface area contributed by atoms with E-state index in [1.807, 2.05) is 36.1 Å². The molecule has 0 aromatic heterocycles. The molecule has 1 N–H and O–H groups in total. The number of hydrogen-bond acceptors (Lipinski definition) is 3. The molecular formula is C22H26NO2P. The van der Waals surface area contributed by atoms with Crippen molar-refractivity contribution in [3.05, 3.63) is 77.6 Å². The van der Waals surface area contributed by atoms with Crippen molar-refractivity contribution in [3.63, 3.8) is 0 Å². The lowest BCUT2D eigenvalue weighted by atomic mass is 9.85. The molecule has 1 heterocycles. The minimum absolute atomic E-state index is 0.324. The summed E-state index contributed by atoms with van der Waals surface area (Å²) in [5.74, 6) is 1.49. The van der Waals surface area contributed by atoms with Gasteiger partial charge in [-0.3, -0.25) is 4.57 Å². The maximum atomic E-state index is 13.9. The molecule has 4 rings (SSSR count). The van der Waals surface area contributed by atoms with Crippen molar-refractivity contribution >= 4 is 13.1 Å². The maximum absolute atomic E-state index is 13.9. The van der Waals surface area contributed by atoms with Crippen LogP contribution >= 0.6 is 7.37 Å². The summed E-state index contributed by atoms with van der Waals surface area (Å²) in [4.78, 5) is 0. The molecule has 0 bridgehead atoms. The zero-order valence-corrected chi connectivity index (χ0v) is 16.1. The molecule has 4 heteroatoms. The van der Waals surface area contributed by atoms with Gasteiger partial charge in [-0.05, 0) is 43.5 Å². The molecule has 136 valence electrons. The summed E-state index contributed by atoms with van der Waals surface area (Å²) in [6.07, 6.45) is 7.56. The molecule has 1 aliphatic carbocycles. The Hall–Kier alpha value is -1.83. The molecule has 0 saturated heterocycles. The van der Waals surface area contributed by atoms with E-state index in [1.165, 1.54) is 12.0 Å². The molecule has 0 radical (unpaired) electrons. The first-order valence-electron chi connectivity index (χ1n) is 9.47. The van der Waals surface area contributed by atoms with Gasteiger partial charge in [-0.2, -0.15) is 0 Å². The molecule has 1 saturated carbocycles. The number of aryl methyl sites for hydroxylation is 1. The molecule has 1 unspecified atom stereocenters. The summed E-state index contributed by atoms with van der Waals surface area (Å²) in [5, 5.41) is 3.48. The highest BCUT2D eigenvalue weighted by molar-refractivity contribution is 7.63. The van der Waals surface area contributed by atoms with Crippen LogP contribution in [-0.4, -0.2) is 5.60 Å². The van der Waals surface area contributed by atoms with Crippen LogP contribution in [0.25, 0.3) is 0 Å². The van der Waals surface area contributed by atoms with Gasteiger partial charge >= 0.3 is 0 Å². The highest BCUT2D eigenvalue weighted by atomic mass is 31.2. The SMILES string of the molecule is Cc1ccc([C@H](Nc2ccccc2)P2(=O)C=CC3(CCCCC3)O2)cc1. The second-order valence-corrected chi connectivity index (χ2v) is 9.79. The predicted molar refractivity (Wildman–Crippen MR) is 108 cm³/mol. The summed E-state index contributed by atoms with van der Waals surface area (Å²) in [6, 6.07) is 18.2. The van der Waals surface area contributed by atoms with Gasteiger partial charge in [0.2, 0.25) is 0 Å². The standard InChI is InChI=1S/C22H26NO2P/c1-18-10-12-19(13-11-18)21(23-20-8-4-2-5-9-20)26(24)17-16-22(25-26)14-6-3-7-15-22/h2,4-5,8-13,16-17,21,23H,3,6-7,14-15H2,1H3/t21-,26?/m1/s1.